The molecule has 1 aliphatic heterocycles. The maximum Gasteiger partial charge on any atom is 0.253 e. The predicted octanol–water partition coefficient (Wildman–Crippen LogP) is 1.76. The minimum absolute atomic E-state index is 0.137. The summed E-state index contributed by atoms with van der Waals surface area (Å²) in [5, 5.41) is 12.0. The lowest BCUT2D eigenvalue weighted by Gasteiger charge is -2.14. The lowest BCUT2D eigenvalue weighted by Crippen LogP contribution is -2.31. The van der Waals surface area contributed by atoms with E-state index in [0.29, 0.717) is 12.3 Å². The van der Waals surface area contributed by atoms with Gasteiger partial charge in [0.15, 0.2) is 0 Å². The van der Waals surface area contributed by atoms with Crippen molar-refractivity contribution in [1.82, 2.24) is 0 Å². The second kappa shape index (κ2) is 4.53. The molecule has 1 aromatic carbocycles. The highest BCUT2D eigenvalue weighted by atomic mass is 16.5. The summed E-state index contributed by atoms with van der Waals surface area (Å²) in [6.07, 6.45) is 0.542. The molecular formula is C12H15NO3. The van der Waals surface area contributed by atoms with Crippen LogP contribution in [0.4, 0.5) is 5.69 Å². The molecule has 0 aromatic heterocycles. The molecule has 0 bridgehead atoms. The number of ether oxygens (including phenoxy) is 1. The van der Waals surface area contributed by atoms with E-state index in [-0.39, 0.29) is 23.7 Å². The van der Waals surface area contributed by atoms with Crippen LogP contribution < -0.4 is 5.32 Å². The van der Waals surface area contributed by atoms with Gasteiger partial charge in [-0.25, -0.2) is 0 Å². The number of amides is 1. The molecule has 0 spiro atoms. The molecule has 0 saturated carbocycles. The van der Waals surface area contributed by atoms with Crippen LogP contribution in [0, 0.1) is 5.92 Å². The second-order valence-electron chi connectivity index (χ2n) is 4.10. The Morgan fingerprint density at radius 1 is 1.56 bits per heavy atom. The van der Waals surface area contributed by atoms with Gasteiger partial charge in [-0.15, -0.1) is 0 Å². The third kappa shape index (κ3) is 2.33. The fourth-order valence-electron chi connectivity index (χ4n) is 1.83. The fraction of sp³-hybridized carbons (Fsp3) is 0.417. The first-order chi connectivity index (χ1) is 7.66. The lowest BCUT2D eigenvalue weighted by atomic mass is 10.0. The van der Waals surface area contributed by atoms with E-state index in [0.717, 1.165) is 6.42 Å². The Kier molecular flexibility index (Phi) is 3.10. The van der Waals surface area contributed by atoms with E-state index in [2.05, 4.69) is 5.32 Å². The number of phenols is 1. The number of rotatable bonds is 2. The predicted molar refractivity (Wildman–Crippen MR) is 60.3 cm³/mol. The van der Waals surface area contributed by atoms with Gasteiger partial charge in [0.2, 0.25) is 0 Å². The molecule has 2 atom stereocenters. The summed E-state index contributed by atoms with van der Waals surface area (Å²) in [5.74, 6) is 0.242. The molecule has 1 fully saturated rings. The summed E-state index contributed by atoms with van der Waals surface area (Å²) in [6, 6.07) is 6.49. The molecule has 1 aromatic rings. The number of phenolic OH excluding ortho intramolecular Hbond substituents is 1. The van der Waals surface area contributed by atoms with Crippen molar-refractivity contribution in [3.8, 4) is 5.75 Å². The average molecular weight is 221 g/mol. The molecule has 0 aliphatic carbocycles. The van der Waals surface area contributed by atoms with Gasteiger partial charge in [0.05, 0.1) is 0 Å². The van der Waals surface area contributed by atoms with Crippen LogP contribution >= 0.6 is 0 Å². The van der Waals surface area contributed by atoms with Crippen molar-refractivity contribution in [3.63, 3.8) is 0 Å². The molecule has 4 nitrogen and oxygen atoms in total. The van der Waals surface area contributed by atoms with Gasteiger partial charge in [0.25, 0.3) is 5.91 Å². The summed E-state index contributed by atoms with van der Waals surface area (Å²) in [5.41, 5.74) is 0.590. The molecule has 1 saturated heterocycles. The first-order valence-corrected chi connectivity index (χ1v) is 5.38. The summed E-state index contributed by atoms with van der Waals surface area (Å²) < 4.78 is 5.35. The van der Waals surface area contributed by atoms with Crippen molar-refractivity contribution < 1.29 is 14.6 Å². The highest BCUT2D eigenvalue weighted by Gasteiger charge is 2.30. The normalized spacial score (nSPS) is 24.3. The van der Waals surface area contributed by atoms with Crippen LogP contribution in [-0.4, -0.2) is 23.7 Å². The van der Waals surface area contributed by atoms with Gasteiger partial charge in [-0.2, -0.15) is 0 Å². The SMILES string of the molecule is CC1CCOC1C(=O)Nc1cccc(O)c1. The van der Waals surface area contributed by atoms with Gasteiger partial charge in [-0.1, -0.05) is 13.0 Å². The smallest absolute Gasteiger partial charge is 0.253 e. The molecule has 2 unspecified atom stereocenters. The highest BCUT2D eigenvalue weighted by molar-refractivity contribution is 5.94. The molecule has 2 rings (SSSR count). The Labute approximate surface area is 94.2 Å². The minimum Gasteiger partial charge on any atom is -0.508 e. The zero-order chi connectivity index (χ0) is 11.5. The van der Waals surface area contributed by atoms with Crippen LogP contribution in [0.2, 0.25) is 0 Å². The van der Waals surface area contributed by atoms with Crippen LogP contribution in [0.1, 0.15) is 13.3 Å². The summed E-state index contributed by atoms with van der Waals surface area (Å²) in [7, 11) is 0. The molecule has 0 radical (unpaired) electrons. The molecule has 4 heteroatoms. The van der Waals surface area contributed by atoms with Gasteiger partial charge in [0.1, 0.15) is 11.9 Å². The van der Waals surface area contributed by atoms with Crippen LogP contribution in [-0.2, 0) is 9.53 Å². The van der Waals surface area contributed by atoms with E-state index in [9.17, 15) is 9.90 Å². The van der Waals surface area contributed by atoms with E-state index < -0.39 is 0 Å². The third-order valence-corrected chi connectivity index (χ3v) is 2.76. The molecule has 16 heavy (non-hydrogen) atoms. The maximum absolute atomic E-state index is 11.8. The van der Waals surface area contributed by atoms with Gasteiger partial charge < -0.3 is 15.2 Å². The molecule has 1 heterocycles. The van der Waals surface area contributed by atoms with Crippen LogP contribution in [0.5, 0.6) is 5.75 Å². The highest BCUT2D eigenvalue weighted by Crippen LogP contribution is 2.22. The van der Waals surface area contributed by atoms with Crippen LogP contribution in [0.25, 0.3) is 0 Å². The van der Waals surface area contributed by atoms with E-state index in [4.69, 9.17) is 4.74 Å². The zero-order valence-corrected chi connectivity index (χ0v) is 9.14. The van der Waals surface area contributed by atoms with E-state index in [1.54, 1.807) is 18.2 Å². The standard InChI is InChI=1S/C12H15NO3/c1-8-5-6-16-11(8)12(15)13-9-3-2-4-10(14)7-9/h2-4,7-8,11,14H,5-6H2,1H3,(H,13,15). The Hall–Kier alpha value is -1.55. The Balaban J connectivity index is 2.02. The number of carbonyl (C=O) groups is 1. The minimum atomic E-state index is -0.373. The molecular weight excluding hydrogens is 206 g/mol. The van der Waals surface area contributed by atoms with Crippen molar-refractivity contribution in [1.29, 1.82) is 0 Å². The van der Waals surface area contributed by atoms with E-state index in [1.807, 2.05) is 6.92 Å². The van der Waals surface area contributed by atoms with Gasteiger partial charge in [0, 0.05) is 18.4 Å². The first-order valence-electron chi connectivity index (χ1n) is 5.38. The first kappa shape index (κ1) is 11.0. The van der Waals surface area contributed by atoms with Gasteiger partial charge in [-0.3, -0.25) is 4.79 Å². The van der Waals surface area contributed by atoms with E-state index in [1.165, 1.54) is 6.07 Å². The Morgan fingerprint density at radius 3 is 3.00 bits per heavy atom. The number of aromatic hydroxyl groups is 1. The number of anilines is 1. The lowest BCUT2D eigenvalue weighted by molar-refractivity contribution is -0.126. The number of hydrogen-bond donors (Lipinski definition) is 2. The van der Waals surface area contributed by atoms with Crippen LogP contribution in [0.15, 0.2) is 24.3 Å². The molecule has 2 N–H and O–H groups in total. The summed E-state index contributed by atoms with van der Waals surface area (Å²) in [4.78, 5) is 11.8. The summed E-state index contributed by atoms with van der Waals surface area (Å²) >= 11 is 0. The topological polar surface area (TPSA) is 58.6 Å². The van der Waals surface area contributed by atoms with Crippen molar-refractivity contribution in [2.24, 2.45) is 5.92 Å². The quantitative estimate of drug-likeness (QED) is 0.800. The van der Waals surface area contributed by atoms with Crippen molar-refractivity contribution in [2.45, 2.75) is 19.4 Å². The third-order valence-electron chi connectivity index (χ3n) is 2.76. The van der Waals surface area contributed by atoms with Crippen molar-refractivity contribution in [3.05, 3.63) is 24.3 Å². The zero-order valence-electron chi connectivity index (χ0n) is 9.14. The Morgan fingerprint density at radius 2 is 2.38 bits per heavy atom. The Bertz CT molecular complexity index is 392. The monoisotopic (exact) mass is 221 g/mol. The molecule has 86 valence electrons. The van der Waals surface area contributed by atoms with E-state index >= 15 is 0 Å². The maximum atomic E-state index is 11.8. The fourth-order valence-corrected chi connectivity index (χ4v) is 1.83. The van der Waals surface area contributed by atoms with Gasteiger partial charge in [-0.05, 0) is 24.5 Å². The molecule has 1 amide bonds. The number of carbonyl (C=O) groups excluding carboxylic acids is 1. The molecule has 1 aliphatic rings. The van der Waals surface area contributed by atoms with Crippen LogP contribution in [0.3, 0.4) is 0 Å². The number of hydrogen-bond acceptors (Lipinski definition) is 3. The number of nitrogens with one attached hydrogen (secondary N) is 1. The number of benzene rings is 1. The second-order valence-corrected chi connectivity index (χ2v) is 4.10. The van der Waals surface area contributed by atoms with Gasteiger partial charge >= 0.3 is 0 Å². The van der Waals surface area contributed by atoms with Crippen molar-refractivity contribution >= 4 is 11.6 Å². The average Bonchev–Trinajstić information content (AvgIpc) is 2.64. The summed E-state index contributed by atoms with van der Waals surface area (Å²) in [6.45, 7) is 2.64. The largest absolute Gasteiger partial charge is 0.508 e. The van der Waals surface area contributed by atoms with Crippen molar-refractivity contribution in [2.75, 3.05) is 11.9 Å².